The van der Waals surface area contributed by atoms with Gasteiger partial charge in [0.1, 0.15) is 11.5 Å². The van der Waals surface area contributed by atoms with Crippen LogP contribution in [-0.2, 0) is 0 Å². The Morgan fingerprint density at radius 1 is 1.62 bits per heavy atom. The molecule has 0 unspecified atom stereocenters. The third kappa shape index (κ3) is 2.36. The van der Waals surface area contributed by atoms with E-state index in [4.69, 9.17) is 0 Å². The Labute approximate surface area is 89.1 Å². The Morgan fingerprint density at radius 2 is 2.23 bits per heavy atom. The second-order valence-corrected chi connectivity index (χ2v) is 3.85. The molecule has 0 aliphatic carbocycles. The smallest absolute Gasteiger partial charge is 0.273 e. The van der Waals surface area contributed by atoms with Crippen molar-refractivity contribution in [1.29, 1.82) is 0 Å². The molecule has 0 aromatic carbocycles. The average Bonchev–Trinajstić information content (AvgIpc) is 2.03. The van der Waals surface area contributed by atoms with Gasteiger partial charge in [-0.2, -0.15) is 0 Å². The van der Waals surface area contributed by atoms with Crippen molar-refractivity contribution in [1.82, 2.24) is 9.88 Å². The van der Waals surface area contributed by atoms with Crippen LogP contribution in [-0.4, -0.2) is 29.9 Å². The standard InChI is InChI=1S/C8H8FIN2O/c1-12(2)8(13)7-6(10)3-5(9)4-11-7/h3-4H,1-2H3. The molecule has 1 aromatic heterocycles. The minimum absolute atomic E-state index is 0.218. The highest BCUT2D eigenvalue weighted by Gasteiger charge is 2.13. The Morgan fingerprint density at radius 3 is 2.69 bits per heavy atom. The topological polar surface area (TPSA) is 33.2 Å². The minimum Gasteiger partial charge on any atom is -0.343 e. The van der Waals surface area contributed by atoms with E-state index in [1.54, 1.807) is 14.1 Å². The molecule has 0 saturated carbocycles. The first-order valence-corrected chi connectivity index (χ1v) is 4.63. The Balaban J connectivity index is 3.09. The maximum Gasteiger partial charge on any atom is 0.273 e. The zero-order valence-electron chi connectivity index (χ0n) is 7.21. The molecule has 3 nitrogen and oxygen atoms in total. The molecule has 0 spiro atoms. The van der Waals surface area contributed by atoms with Gasteiger partial charge in [-0.05, 0) is 28.7 Å². The normalized spacial score (nSPS) is 9.85. The van der Waals surface area contributed by atoms with Crippen molar-refractivity contribution in [3.8, 4) is 0 Å². The van der Waals surface area contributed by atoms with Gasteiger partial charge in [-0.25, -0.2) is 9.37 Å². The molecule has 0 N–H and O–H groups in total. The van der Waals surface area contributed by atoms with Gasteiger partial charge in [-0.3, -0.25) is 4.79 Å². The SMILES string of the molecule is CN(C)C(=O)c1ncc(F)cc1I. The van der Waals surface area contributed by atoms with Crippen molar-refractivity contribution in [2.45, 2.75) is 0 Å². The van der Waals surface area contributed by atoms with Crippen LogP contribution in [0.4, 0.5) is 4.39 Å². The molecule has 1 aromatic rings. The number of hydrogen-bond donors (Lipinski definition) is 0. The van der Waals surface area contributed by atoms with Gasteiger partial charge >= 0.3 is 0 Å². The van der Waals surface area contributed by atoms with E-state index >= 15 is 0 Å². The van der Waals surface area contributed by atoms with Gasteiger partial charge in [0, 0.05) is 17.7 Å². The summed E-state index contributed by atoms with van der Waals surface area (Å²) in [6.07, 6.45) is 1.04. The molecule has 13 heavy (non-hydrogen) atoms. The summed E-state index contributed by atoms with van der Waals surface area (Å²) in [7, 11) is 3.26. The zero-order chi connectivity index (χ0) is 10.0. The van der Waals surface area contributed by atoms with E-state index in [1.807, 2.05) is 22.6 Å². The molecule has 1 rings (SSSR count). The summed E-state index contributed by atoms with van der Waals surface area (Å²) in [4.78, 5) is 16.5. The molecule has 0 fully saturated rings. The van der Waals surface area contributed by atoms with Crippen molar-refractivity contribution in [2.75, 3.05) is 14.1 Å². The van der Waals surface area contributed by atoms with E-state index in [0.29, 0.717) is 3.57 Å². The van der Waals surface area contributed by atoms with Crippen molar-refractivity contribution in [3.63, 3.8) is 0 Å². The number of amides is 1. The van der Waals surface area contributed by atoms with Crippen LogP contribution in [0.5, 0.6) is 0 Å². The molecule has 70 valence electrons. The Kier molecular flexibility index (Phi) is 3.18. The first-order valence-electron chi connectivity index (χ1n) is 3.55. The maximum absolute atomic E-state index is 12.6. The maximum atomic E-state index is 12.6. The Hall–Kier alpha value is -0.720. The second-order valence-electron chi connectivity index (χ2n) is 2.68. The lowest BCUT2D eigenvalue weighted by molar-refractivity contribution is 0.0820. The largest absolute Gasteiger partial charge is 0.343 e. The van der Waals surface area contributed by atoms with E-state index in [0.717, 1.165) is 6.20 Å². The summed E-state index contributed by atoms with van der Waals surface area (Å²) in [6, 6.07) is 1.28. The van der Waals surface area contributed by atoms with Crippen molar-refractivity contribution >= 4 is 28.5 Å². The summed E-state index contributed by atoms with van der Waals surface area (Å²) in [5.74, 6) is -0.649. The monoisotopic (exact) mass is 294 g/mol. The summed E-state index contributed by atoms with van der Waals surface area (Å²) >= 11 is 1.88. The molecule has 0 aliphatic rings. The predicted molar refractivity (Wildman–Crippen MR) is 54.9 cm³/mol. The molecule has 5 heteroatoms. The van der Waals surface area contributed by atoms with Crippen molar-refractivity contribution in [2.24, 2.45) is 0 Å². The minimum atomic E-state index is -0.431. The highest BCUT2D eigenvalue weighted by atomic mass is 127. The van der Waals surface area contributed by atoms with Crippen LogP contribution >= 0.6 is 22.6 Å². The zero-order valence-corrected chi connectivity index (χ0v) is 9.37. The van der Waals surface area contributed by atoms with Gasteiger partial charge in [0.2, 0.25) is 0 Å². The van der Waals surface area contributed by atoms with E-state index in [1.165, 1.54) is 11.0 Å². The van der Waals surface area contributed by atoms with Gasteiger partial charge in [0.25, 0.3) is 5.91 Å². The van der Waals surface area contributed by atoms with Gasteiger partial charge in [0.05, 0.1) is 6.20 Å². The van der Waals surface area contributed by atoms with Crippen LogP contribution in [0.25, 0.3) is 0 Å². The fourth-order valence-electron chi connectivity index (χ4n) is 0.784. The van der Waals surface area contributed by atoms with E-state index in [9.17, 15) is 9.18 Å². The van der Waals surface area contributed by atoms with Gasteiger partial charge in [0.15, 0.2) is 0 Å². The molecule has 0 aliphatic heterocycles. The first-order chi connectivity index (χ1) is 6.02. The molecule has 1 amide bonds. The van der Waals surface area contributed by atoms with Crippen LogP contribution in [0.15, 0.2) is 12.3 Å². The number of hydrogen-bond acceptors (Lipinski definition) is 2. The number of carbonyl (C=O) groups excluding carboxylic acids is 1. The van der Waals surface area contributed by atoms with Gasteiger partial charge in [-0.15, -0.1) is 0 Å². The summed E-state index contributed by atoms with van der Waals surface area (Å²) in [5, 5.41) is 0. The lowest BCUT2D eigenvalue weighted by atomic mass is 10.3. The lowest BCUT2D eigenvalue weighted by Crippen LogP contribution is -2.23. The Bertz CT molecular complexity index is 341. The molecular formula is C8H8FIN2O. The third-order valence-electron chi connectivity index (χ3n) is 1.42. The number of nitrogens with zero attached hydrogens (tertiary/aromatic N) is 2. The van der Waals surface area contributed by atoms with Crippen LogP contribution < -0.4 is 0 Å². The van der Waals surface area contributed by atoms with E-state index in [-0.39, 0.29) is 11.6 Å². The molecule has 1 heterocycles. The third-order valence-corrected chi connectivity index (χ3v) is 2.24. The quantitative estimate of drug-likeness (QED) is 0.736. The fourth-order valence-corrected chi connectivity index (χ4v) is 1.45. The van der Waals surface area contributed by atoms with Crippen molar-refractivity contribution in [3.05, 3.63) is 27.3 Å². The molecule has 0 bridgehead atoms. The summed E-state index contributed by atoms with van der Waals surface area (Å²) < 4.78 is 13.1. The number of carbonyl (C=O) groups is 1. The number of rotatable bonds is 1. The van der Waals surface area contributed by atoms with Gasteiger partial charge in [-0.1, -0.05) is 0 Å². The highest BCUT2D eigenvalue weighted by Crippen LogP contribution is 2.12. The van der Waals surface area contributed by atoms with Crippen LogP contribution in [0.1, 0.15) is 10.5 Å². The van der Waals surface area contributed by atoms with Crippen LogP contribution in [0.3, 0.4) is 0 Å². The van der Waals surface area contributed by atoms with Gasteiger partial charge < -0.3 is 4.90 Å². The molecule has 0 atom stereocenters. The number of aromatic nitrogens is 1. The summed E-state index contributed by atoms with van der Waals surface area (Å²) in [5.41, 5.74) is 0.284. The van der Waals surface area contributed by atoms with Crippen LogP contribution in [0, 0.1) is 9.39 Å². The molecule has 0 radical (unpaired) electrons. The molecular weight excluding hydrogens is 286 g/mol. The summed E-state index contributed by atoms with van der Waals surface area (Å²) in [6.45, 7) is 0. The number of halogens is 2. The molecule has 0 saturated heterocycles. The lowest BCUT2D eigenvalue weighted by Gasteiger charge is -2.10. The number of pyridine rings is 1. The predicted octanol–water partition coefficient (Wildman–Crippen LogP) is 1.53. The van der Waals surface area contributed by atoms with E-state index < -0.39 is 5.82 Å². The van der Waals surface area contributed by atoms with Crippen molar-refractivity contribution < 1.29 is 9.18 Å². The average molecular weight is 294 g/mol. The highest BCUT2D eigenvalue weighted by molar-refractivity contribution is 14.1. The first kappa shape index (κ1) is 10.4. The van der Waals surface area contributed by atoms with E-state index in [2.05, 4.69) is 4.98 Å². The van der Waals surface area contributed by atoms with Crippen LogP contribution in [0.2, 0.25) is 0 Å². The fraction of sp³-hybridized carbons (Fsp3) is 0.250. The second kappa shape index (κ2) is 3.99.